The van der Waals surface area contributed by atoms with Crippen LogP contribution < -0.4 is 71.4 Å². The van der Waals surface area contributed by atoms with Crippen molar-refractivity contribution in [3.63, 3.8) is 0 Å². The van der Waals surface area contributed by atoms with E-state index in [1.807, 2.05) is 11.0 Å². The lowest BCUT2D eigenvalue weighted by atomic mass is 9.90. The fourth-order valence-corrected chi connectivity index (χ4v) is 13.1. The van der Waals surface area contributed by atoms with Gasteiger partial charge in [-0.05, 0) is 106 Å². The van der Waals surface area contributed by atoms with Crippen LogP contribution in [0.25, 0.3) is 11.0 Å². The lowest BCUT2D eigenvalue weighted by Gasteiger charge is -2.37. The molecule has 3 aliphatic heterocycles. The smallest absolute Gasteiger partial charge is 0.349 e. The van der Waals surface area contributed by atoms with E-state index in [0.29, 0.717) is 50.4 Å². The summed E-state index contributed by atoms with van der Waals surface area (Å²) < 4.78 is 49.0. The van der Waals surface area contributed by atoms with E-state index in [1.54, 1.807) is 58.3 Å². The predicted octanol–water partition coefficient (Wildman–Crippen LogP) is 2.67. The molecule has 626 valence electrons. The molecule has 1 aromatic heterocycles. The maximum atomic E-state index is 13.9. The zero-order valence-electron chi connectivity index (χ0n) is 66.5. The lowest BCUT2D eigenvalue weighted by molar-refractivity contribution is -0.134. The Balaban J connectivity index is 0.848. The Morgan fingerprint density at radius 2 is 0.828 bits per heavy atom. The first-order valence-corrected chi connectivity index (χ1v) is 38.7. The summed E-state index contributed by atoms with van der Waals surface area (Å²) in [6.45, 7) is 12.0. The maximum absolute atomic E-state index is 13.9. The van der Waals surface area contributed by atoms with Gasteiger partial charge in [0.25, 0.3) is 17.7 Å². The number of ether oxygens (including phenoxy) is 8. The van der Waals surface area contributed by atoms with Crippen molar-refractivity contribution in [2.24, 2.45) is 0 Å². The molecule has 0 aliphatic carbocycles. The number of para-hydroxylation sites is 2. The Kier molecular flexibility index (Phi) is 36.1. The highest BCUT2D eigenvalue weighted by Gasteiger charge is 2.30. The van der Waals surface area contributed by atoms with E-state index in [0.717, 1.165) is 77.4 Å². The number of carbonyl (C=O) groups is 13. The molecule has 3 aliphatic rings. The standard InChI is InChI=1S/C81H104N12O23/c1-53-61(16-7-21-67(53)111-54(2)94)78(104)87-29-27-84-72(102)51-92-38-36-90(50-71(101)83-25-13-41-108-43-45-110-46-44-109-42-14-26-86-80(106)65-48-60-47-59-15-11-31-93-32-12-19-63(74(59)93)75(60)116-81(65)107)34-33-89(49-70(100)82-24-10-20-66(99)62-17-8-22-68(112-55(3)95)76(62)114-57(5)97)35-37-91(39-40-92)52-73(103)85-28-30-88-79(105)64-18-9-23-69(113-56(4)96)77(64)115-58(6)98/h7-9,16-18,21-23,33-34,47-48H,10-15,19-20,24-32,35-46,49-52H2,1-6H3,(H,82,100)(H,83,101)(H,84,102)(H,85,103)(H,86,106)(H,87,104)(H,88,105). The number of hydrogen-bond acceptors (Lipinski definition) is 28. The summed E-state index contributed by atoms with van der Waals surface area (Å²) in [4.78, 5) is 190. The first-order valence-electron chi connectivity index (χ1n) is 38.7. The van der Waals surface area contributed by atoms with Gasteiger partial charge in [-0.3, -0.25) is 72.1 Å². The SMILES string of the molecule is CC(=O)Oc1cccc(C(=O)NCCNC(=O)CN2CCN(CC(=O)NCCCOCCOCCOCCCNC(=O)c3cc4cc5c6c(c4oc3=O)CCCN6CCC5)C=CN(CC(=O)NCCCC(=O)c3cccc(OC(C)=O)c3OC(C)=O)CCN(CC(=O)NCCNC(=O)c3cccc(OC(C)=O)c3OC(C)=O)CC2)c1C. The number of nitrogens with zero attached hydrogens (tertiary/aromatic N) is 5. The van der Waals surface area contributed by atoms with Crippen LogP contribution in [-0.2, 0) is 70.2 Å². The molecule has 0 saturated heterocycles. The molecule has 35 heteroatoms. The zero-order valence-corrected chi connectivity index (χ0v) is 66.5. The van der Waals surface area contributed by atoms with Gasteiger partial charge in [0.1, 0.15) is 16.9 Å². The van der Waals surface area contributed by atoms with Gasteiger partial charge in [0.05, 0.1) is 63.7 Å². The zero-order chi connectivity index (χ0) is 83.5. The molecule has 8 rings (SSSR count). The maximum Gasteiger partial charge on any atom is 0.349 e. The molecule has 0 spiro atoms. The van der Waals surface area contributed by atoms with Crippen LogP contribution in [0.2, 0.25) is 0 Å². The molecule has 0 bridgehead atoms. The van der Waals surface area contributed by atoms with Gasteiger partial charge in [-0.1, -0.05) is 18.2 Å². The monoisotopic (exact) mass is 1610 g/mol. The summed E-state index contributed by atoms with van der Waals surface area (Å²) in [6.07, 6.45) is 8.09. The molecule has 35 nitrogen and oxygen atoms in total. The van der Waals surface area contributed by atoms with E-state index in [4.69, 9.17) is 42.3 Å². The molecule has 7 N–H and O–H groups in total. The van der Waals surface area contributed by atoms with Crippen molar-refractivity contribution in [2.75, 3.05) is 169 Å². The second-order valence-electron chi connectivity index (χ2n) is 27.6. The first kappa shape index (κ1) is 89.9. The number of carbonyl (C=O) groups excluding carboxylic acids is 13. The molecular formula is C81H104N12O23. The van der Waals surface area contributed by atoms with Crippen molar-refractivity contribution in [3.8, 4) is 28.7 Å². The van der Waals surface area contributed by atoms with Crippen LogP contribution >= 0.6 is 0 Å². The minimum atomic E-state index is -0.774. The van der Waals surface area contributed by atoms with Gasteiger partial charge in [-0.2, -0.15) is 0 Å². The number of ketones is 1. The van der Waals surface area contributed by atoms with Crippen molar-refractivity contribution in [3.05, 3.63) is 128 Å². The highest BCUT2D eigenvalue weighted by molar-refractivity contribution is 6.02. The highest BCUT2D eigenvalue weighted by atomic mass is 16.6. The number of aryl methyl sites for hydroxylation is 2. The van der Waals surface area contributed by atoms with Crippen molar-refractivity contribution < 1.29 is 105 Å². The topological polar surface area (TPSA) is 426 Å². The average Bonchev–Trinajstić information content (AvgIpc) is 0.745. The van der Waals surface area contributed by atoms with E-state index in [1.165, 1.54) is 54.6 Å². The van der Waals surface area contributed by atoms with E-state index >= 15 is 0 Å². The molecule has 0 atom stereocenters. The Morgan fingerprint density at radius 1 is 0.414 bits per heavy atom. The number of benzene rings is 4. The van der Waals surface area contributed by atoms with E-state index in [2.05, 4.69) is 42.1 Å². The van der Waals surface area contributed by atoms with Gasteiger partial charge in [0.15, 0.2) is 28.8 Å². The molecule has 4 aromatic carbocycles. The lowest BCUT2D eigenvalue weighted by Crippen LogP contribution is -2.49. The van der Waals surface area contributed by atoms with Crippen LogP contribution in [0.15, 0.2) is 88.3 Å². The molecule has 0 radical (unpaired) electrons. The Morgan fingerprint density at radius 3 is 1.37 bits per heavy atom. The third kappa shape index (κ3) is 29.3. The summed E-state index contributed by atoms with van der Waals surface area (Å²) >= 11 is 0. The summed E-state index contributed by atoms with van der Waals surface area (Å²) in [5.41, 5.74) is 3.94. The molecule has 0 unspecified atom stereocenters. The van der Waals surface area contributed by atoms with E-state index in [9.17, 15) is 67.1 Å². The Hall–Kier alpha value is -11.7. The van der Waals surface area contributed by atoms with Crippen molar-refractivity contribution in [1.82, 2.24) is 56.8 Å². The number of rotatable bonds is 41. The fourth-order valence-electron chi connectivity index (χ4n) is 13.1. The number of fused-ring (bicyclic) bond motifs is 2. The Bertz CT molecular complexity index is 4430. The Labute approximate surface area is 671 Å². The molecular weight excluding hydrogens is 1510 g/mol. The van der Waals surface area contributed by atoms with Gasteiger partial charge < -0.3 is 94.2 Å². The van der Waals surface area contributed by atoms with Crippen molar-refractivity contribution >= 4 is 93.6 Å². The minimum absolute atomic E-state index is 0.00589. The predicted molar refractivity (Wildman–Crippen MR) is 421 cm³/mol. The summed E-state index contributed by atoms with van der Waals surface area (Å²) in [6, 6.07) is 16.8. The van der Waals surface area contributed by atoms with Crippen LogP contribution in [-0.4, -0.2) is 261 Å². The van der Waals surface area contributed by atoms with E-state index < -0.39 is 76.7 Å². The number of hydrogen-bond donors (Lipinski definition) is 7. The second kappa shape index (κ2) is 46.6. The number of nitrogens with one attached hydrogen (secondary N) is 7. The number of Topliss-reactive ketones (excluding diaryl/α,β-unsaturated/α-hetero) is 1. The van der Waals surface area contributed by atoms with Crippen LogP contribution in [0, 0.1) is 6.92 Å². The van der Waals surface area contributed by atoms with Crippen LogP contribution in [0.3, 0.4) is 0 Å². The van der Waals surface area contributed by atoms with Gasteiger partial charge in [-0.25, -0.2) is 4.79 Å². The van der Waals surface area contributed by atoms with Crippen LogP contribution in [0.5, 0.6) is 28.7 Å². The third-order valence-corrected chi connectivity index (χ3v) is 18.5. The fraction of sp³-hybridized carbons (Fsp3) is 0.481. The van der Waals surface area contributed by atoms with Crippen molar-refractivity contribution in [1.29, 1.82) is 0 Å². The molecule has 0 fully saturated rings. The van der Waals surface area contributed by atoms with Gasteiger partial charge in [-0.15, -0.1) is 0 Å². The van der Waals surface area contributed by atoms with Gasteiger partial charge in [0, 0.05) is 193 Å². The van der Waals surface area contributed by atoms with Crippen LogP contribution in [0.4, 0.5) is 5.69 Å². The average molecular weight is 1610 g/mol. The molecule has 0 saturated carbocycles. The van der Waals surface area contributed by atoms with Gasteiger partial charge >= 0.3 is 35.5 Å². The quantitative estimate of drug-likeness (QED) is 0.00972. The highest BCUT2D eigenvalue weighted by Crippen LogP contribution is 2.40. The number of amides is 7. The van der Waals surface area contributed by atoms with Gasteiger partial charge in [0.2, 0.25) is 23.6 Å². The molecule has 7 amide bonds. The van der Waals surface area contributed by atoms with Crippen LogP contribution in [0.1, 0.15) is 131 Å². The normalized spacial score (nSPS) is 13.7. The minimum Gasteiger partial charge on any atom is -0.426 e. The summed E-state index contributed by atoms with van der Waals surface area (Å²) in [7, 11) is 0. The molecule has 5 aromatic rings. The van der Waals surface area contributed by atoms with Crippen molar-refractivity contribution in [2.45, 2.75) is 92.9 Å². The number of esters is 5. The van der Waals surface area contributed by atoms with E-state index in [-0.39, 0.29) is 194 Å². The third-order valence-electron chi connectivity index (χ3n) is 18.5. The largest absolute Gasteiger partial charge is 0.426 e. The summed E-state index contributed by atoms with van der Waals surface area (Å²) in [5, 5.41) is 20.4. The molecule has 116 heavy (non-hydrogen) atoms. The molecule has 4 heterocycles. The second-order valence-corrected chi connectivity index (χ2v) is 27.6. The number of anilines is 1. The first-order chi connectivity index (χ1) is 55.8. The summed E-state index contributed by atoms with van der Waals surface area (Å²) in [5.74, 6) is -7.81.